The normalized spacial score (nSPS) is 12.2. The monoisotopic (exact) mass is 410 g/mol. The second kappa shape index (κ2) is 7.48. The Kier molecular flexibility index (Phi) is 4.85. The van der Waals surface area contributed by atoms with Crippen LogP contribution >= 0.6 is 11.6 Å². The number of para-hydroxylation sites is 1. The summed E-state index contributed by atoms with van der Waals surface area (Å²) in [4.78, 5) is 38.1. The maximum Gasteiger partial charge on any atom is 0.306 e. The number of esters is 1. The van der Waals surface area contributed by atoms with Crippen molar-refractivity contribution in [2.24, 2.45) is 0 Å². The van der Waals surface area contributed by atoms with E-state index < -0.39 is 23.3 Å². The molecular weight excluding hydrogens is 396 g/mol. The van der Waals surface area contributed by atoms with Crippen LogP contribution in [-0.4, -0.2) is 37.5 Å². The fraction of sp³-hybridized carbons (Fsp3) is 0.150. The lowest BCUT2D eigenvalue weighted by atomic mass is 9.88. The predicted molar refractivity (Wildman–Crippen MR) is 106 cm³/mol. The van der Waals surface area contributed by atoms with Crippen LogP contribution in [0.15, 0.2) is 53.7 Å². The number of carbonyl (C=O) groups is 1. The van der Waals surface area contributed by atoms with Crippen LogP contribution in [0.4, 0.5) is 0 Å². The van der Waals surface area contributed by atoms with Gasteiger partial charge in [-0.3, -0.25) is 24.0 Å². The van der Waals surface area contributed by atoms with Crippen LogP contribution in [0.2, 0.25) is 5.02 Å². The highest BCUT2D eigenvalue weighted by Gasteiger charge is 2.28. The molecule has 0 radical (unpaired) electrons. The second-order valence-corrected chi connectivity index (χ2v) is 6.77. The fourth-order valence-corrected chi connectivity index (χ4v) is 3.49. The molecule has 0 amide bonds. The molecule has 0 aliphatic rings. The number of nitrogens with zero attached hydrogens (tertiary/aromatic N) is 4. The standard InChI is InChI=1S/C20H15ClN4O4/c1-29-16(26)9-13(12-3-2-4-14-18(12)23-8-7-22-14)17-19(27)24-15-6-5-11(21)10-25(15)20(17)28/h2-8,10,13,27H,9H2,1H3/t13-/m0/s1. The van der Waals surface area contributed by atoms with Gasteiger partial charge in [-0.2, -0.15) is 4.98 Å². The van der Waals surface area contributed by atoms with Crippen molar-refractivity contribution in [1.29, 1.82) is 0 Å². The van der Waals surface area contributed by atoms with Crippen LogP contribution in [-0.2, 0) is 9.53 Å². The van der Waals surface area contributed by atoms with E-state index in [4.69, 9.17) is 16.3 Å². The van der Waals surface area contributed by atoms with Crippen LogP contribution in [0.5, 0.6) is 5.88 Å². The summed E-state index contributed by atoms with van der Waals surface area (Å²) in [6.07, 6.45) is 4.29. The Morgan fingerprint density at radius 3 is 2.83 bits per heavy atom. The van der Waals surface area contributed by atoms with Crippen molar-refractivity contribution >= 4 is 34.3 Å². The lowest BCUT2D eigenvalue weighted by molar-refractivity contribution is -0.140. The third-order valence-electron chi connectivity index (χ3n) is 4.65. The number of benzene rings is 1. The van der Waals surface area contributed by atoms with Crippen molar-refractivity contribution in [2.45, 2.75) is 12.3 Å². The van der Waals surface area contributed by atoms with Crippen LogP contribution in [0.25, 0.3) is 16.7 Å². The SMILES string of the molecule is COC(=O)C[C@H](c1c(O)nc2ccc(Cl)cn2c1=O)c1cccc2nccnc12. The molecule has 0 saturated heterocycles. The Balaban J connectivity index is 2.02. The lowest BCUT2D eigenvalue weighted by Crippen LogP contribution is -2.24. The maximum absolute atomic E-state index is 13.2. The molecule has 0 saturated carbocycles. The predicted octanol–water partition coefficient (Wildman–Crippen LogP) is 2.69. The molecule has 0 bridgehead atoms. The van der Waals surface area contributed by atoms with Gasteiger partial charge in [0.1, 0.15) is 5.65 Å². The third kappa shape index (κ3) is 3.38. The highest BCUT2D eigenvalue weighted by molar-refractivity contribution is 6.30. The van der Waals surface area contributed by atoms with Crippen molar-refractivity contribution in [3.05, 3.63) is 75.4 Å². The minimum absolute atomic E-state index is 0.0479. The molecule has 8 nitrogen and oxygen atoms in total. The van der Waals surface area contributed by atoms with Crippen LogP contribution in [0.1, 0.15) is 23.5 Å². The average Bonchev–Trinajstić information content (AvgIpc) is 2.73. The summed E-state index contributed by atoms with van der Waals surface area (Å²) in [5.41, 5.74) is 1.31. The van der Waals surface area contributed by atoms with E-state index in [0.717, 1.165) is 0 Å². The van der Waals surface area contributed by atoms with E-state index in [2.05, 4.69) is 15.0 Å². The third-order valence-corrected chi connectivity index (χ3v) is 4.88. The van der Waals surface area contributed by atoms with E-state index in [1.54, 1.807) is 30.5 Å². The summed E-state index contributed by atoms with van der Waals surface area (Å²) in [6.45, 7) is 0. The molecule has 0 fully saturated rings. The summed E-state index contributed by atoms with van der Waals surface area (Å²) in [7, 11) is 1.26. The molecule has 1 aromatic carbocycles. The summed E-state index contributed by atoms with van der Waals surface area (Å²) in [5.74, 6) is -1.86. The fourth-order valence-electron chi connectivity index (χ4n) is 3.33. The van der Waals surface area contributed by atoms with Gasteiger partial charge in [0.15, 0.2) is 0 Å². The molecule has 1 N–H and O–H groups in total. The number of carbonyl (C=O) groups excluding carboxylic acids is 1. The maximum atomic E-state index is 13.2. The Morgan fingerprint density at radius 1 is 1.24 bits per heavy atom. The first-order chi connectivity index (χ1) is 14.0. The molecular formula is C20H15ClN4O4. The zero-order valence-corrected chi connectivity index (χ0v) is 16.0. The van der Waals surface area contributed by atoms with E-state index in [0.29, 0.717) is 21.6 Å². The van der Waals surface area contributed by atoms with E-state index >= 15 is 0 Å². The number of hydrogen-bond donors (Lipinski definition) is 1. The molecule has 3 heterocycles. The van der Waals surface area contributed by atoms with Crippen LogP contribution in [0, 0.1) is 0 Å². The Hall–Kier alpha value is -3.52. The zero-order chi connectivity index (χ0) is 20.5. The molecule has 0 aliphatic heterocycles. The molecule has 0 aliphatic carbocycles. The topological polar surface area (TPSA) is 107 Å². The average molecular weight is 411 g/mol. The van der Waals surface area contributed by atoms with Crippen molar-refractivity contribution in [3.8, 4) is 5.88 Å². The van der Waals surface area contributed by atoms with Gasteiger partial charge >= 0.3 is 5.97 Å². The number of ether oxygens (including phenoxy) is 1. The number of methoxy groups -OCH3 is 1. The number of aromatic hydroxyl groups is 1. The number of hydrogen-bond acceptors (Lipinski definition) is 7. The van der Waals surface area contributed by atoms with Gasteiger partial charge in [0.05, 0.1) is 35.2 Å². The molecule has 29 heavy (non-hydrogen) atoms. The lowest BCUT2D eigenvalue weighted by Gasteiger charge is -2.18. The van der Waals surface area contributed by atoms with Gasteiger partial charge in [-0.25, -0.2) is 0 Å². The quantitative estimate of drug-likeness (QED) is 0.515. The van der Waals surface area contributed by atoms with Gasteiger partial charge in [0.2, 0.25) is 5.88 Å². The number of halogens is 1. The molecule has 3 aromatic heterocycles. The van der Waals surface area contributed by atoms with Gasteiger partial charge in [-0.05, 0) is 23.8 Å². The largest absolute Gasteiger partial charge is 0.493 e. The van der Waals surface area contributed by atoms with Crippen molar-refractivity contribution in [3.63, 3.8) is 0 Å². The molecule has 4 rings (SSSR count). The first kappa shape index (κ1) is 18.8. The molecule has 0 spiro atoms. The highest BCUT2D eigenvalue weighted by Crippen LogP contribution is 2.34. The van der Waals surface area contributed by atoms with Gasteiger partial charge in [-0.15, -0.1) is 0 Å². The molecule has 1 atom stereocenters. The summed E-state index contributed by atoms with van der Waals surface area (Å²) in [5, 5.41) is 10.9. The number of rotatable bonds is 4. The Labute approximate surface area is 169 Å². The Morgan fingerprint density at radius 2 is 2.03 bits per heavy atom. The van der Waals surface area contributed by atoms with Crippen LogP contribution in [0.3, 0.4) is 0 Å². The van der Waals surface area contributed by atoms with E-state index in [9.17, 15) is 14.7 Å². The number of aromatic nitrogens is 4. The van der Waals surface area contributed by atoms with E-state index in [-0.39, 0.29) is 17.6 Å². The minimum atomic E-state index is -0.848. The summed E-state index contributed by atoms with van der Waals surface area (Å²) >= 11 is 6.02. The number of fused-ring (bicyclic) bond motifs is 2. The molecule has 4 aromatic rings. The summed E-state index contributed by atoms with van der Waals surface area (Å²) in [6, 6.07) is 8.33. The van der Waals surface area contributed by atoms with Gasteiger partial charge in [-0.1, -0.05) is 23.7 Å². The molecule has 0 unspecified atom stereocenters. The smallest absolute Gasteiger partial charge is 0.306 e. The molecule has 9 heteroatoms. The first-order valence-corrected chi connectivity index (χ1v) is 9.04. The van der Waals surface area contributed by atoms with Crippen molar-refractivity contribution < 1.29 is 14.6 Å². The van der Waals surface area contributed by atoms with E-state index in [1.165, 1.54) is 30.0 Å². The van der Waals surface area contributed by atoms with Crippen molar-refractivity contribution in [2.75, 3.05) is 7.11 Å². The zero-order valence-electron chi connectivity index (χ0n) is 15.2. The van der Waals surface area contributed by atoms with E-state index in [1.807, 2.05) is 0 Å². The first-order valence-electron chi connectivity index (χ1n) is 8.67. The number of pyridine rings is 1. The Bertz CT molecular complexity index is 1300. The van der Waals surface area contributed by atoms with Crippen molar-refractivity contribution in [1.82, 2.24) is 19.4 Å². The highest BCUT2D eigenvalue weighted by atomic mass is 35.5. The molecule has 146 valence electrons. The van der Waals surface area contributed by atoms with Gasteiger partial charge in [0, 0.05) is 24.5 Å². The summed E-state index contributed by atoms with van der Waals surface area (Å²) < 4.78 is 6.05. The van der Waals surface area contributed by atoms with Crippen LogP contribution < -0.4 is 5.56 Å². The van der Waals surface area contributed by atoms with Gasteiger partial charge < -0.3 is 9.84 Å². The minimum Gasteiger partial charge on any atom is -0.493 e. The second-order valence-electron chi connectivity index (χ2n) is 6.33. The van der Waals surface area contributed by atoms with Gasteiger partial charge in [0.25, 0.3) is 5.56 Å².